The standard InChI is InChI=1S/C16H13F2NOS/c1-9-2-3-10-7-15(21-14(10)6-9)16(20)19-13-5-4-11(17)8-12(13)18/h2-6,8,15H,7H2,1H3,(H,19,20). The summed E-state index contributed by atoms with van der Waals surface area (Å²) < 4.78 is 26.4. The molecule has 3 rings (SSSR count). The molecule has 0 aromatic heterocycles. The molecule has 2 aromatic carbocycles. The molecule has 2 aromatic rings. The molecular weight excluding hydrogens is 292 g/mol. The Hall–Kier alpha value is -1.88. The third kappa shape index (κ3) is 2.93. The molecule has 21 heavy (non-hydrogen) atoms. The largest absolute Gasteiger partial charge is 0.323 e. The fourth-order valence-electron chi connectivity index (χ4n) is 2.29. The van der Waals surface area contributed by atoms with E-state index in [1.807, 2.05) is 25.1 Å². The maximum Gasteiger partial charge on any atom is 0.238 e. The van der Waals surface area contributed by atoms with E-state index in [2.05, 4.69) is 5.32 Å². The summed E-state index contributed by atoms with van der Waals surface area (Å²) in [7, 11) is 0. The minimum Gasteiger partial charge on any atom is -0.323 e. The summed E-state index contributed by atoms with van der Waals surface area (Å²) in [5, 5.41) is 2.24. The first-order chi connectivity index (χ1) is 10.0. The summed E-state index contributed by atoms with van der Waals surface area (Å²) in [6.07, 6.45) is 0.620. The number of halogens is 2. The van der Waals surface area contributed by atoms with E-state index >= 15 is 0 Å². The van der Waals surface area contributed by atoms with Crippen LogP contribution in [0.25, 0.3) is 0 Å². The fraction of sp³-hybridized carbons (Fsp3) is 0.188. The molecule has 0 radical (unpaired) electrons. The second kappa shape index (κ2) is 5.48. The summed E-state index contributed by atoms with van der Waals surface area (Å²) in [5.41, 5.74) is 2.28. The number of carbonyl (C=O) groups is 1. The van der Waals surface area contributed by atoms with Crippen LogP contribution in [0.2, 0.25) is 0 Å². The van der Waals surface area contributed by atoms with Crippen molar-refractivity contribution in [3.8, 4) is 0 Å². The number of hydrogen-bond donors (Lipinski definition) is 1. The molecule has 0 saturated heterocycles. The average molecular weight is 305 g/mol. The van der Waals surface area contributed by atoms with Gasteiger partial charge in [-0.05, 0) is 37.1 Å². The van der Waals surface area contributed by atoms with Crippen molar-refractivity contribution in [1.82, 2.24) is 0 Å². The van der Waals surface area contributed by atoms with Gasteiger partial charge in [-0.25, -0.2) is 8.78 Å². The number of hydrogen-bond acceptors (Lipinski definition) is 2. The Morgan fingerprint density at radius 1 is 1.24 bits per heavy atom. The number of aryl methyl sites for hydroxylation is 1. The molecule has 1 aliphatic rings. The van der Waals surface area contributed by atoms with Gasteiger partial charge in [-0.2, -0.15) is 0 Å². The number of thioether (sulfide) groups is 1. The monoisotopic (exact) mass is 305 g/mol. The van der Waals surface area contributed by atoms with Crippen LogP contribution in [0.15, 0.2) is 41.3 Å². The molecule has 2 nitrogen and oxygen atoms in total. The number of nitrogens with one attached hydrogen (secondary N) is 1. The first-order valence-corrected chi connectivity index (χ1v) is 7.43. The van der Waals surface area contributed by atoms with E-state index in [1.165, 1.54) is 17.8 Å². The van der Waals surface area contributed by atoms with Crippen molar-refractivity contribution in [2.24, 2.45) is 0 Å². The van der Waals surface area contributed by atoms with Crippen molar-refractivity contribution < 1.29 is 13.6 Å². The van der Waals surface area contributed by atoms with Gasteiger partial charge in [0, 0.05) is 11.0 Å². The lowest BCUT2D eigenvalue weighted by Gasteiger charge is -2.10. The van der Waals surface area contributed by atoms with Crippen molar-refractivity contribution in [1.29, 1.82) is 0 Å². The highest BCUT2D eigenvalue weighted by molar-refractivity contribution is 8.01. The van der Waals surface area contributed by atoms with Crippen molar-refractivity contribution in [2.45, 2.75) is 23.5 Å². The second-order valence-corrected chi connectivity index (χ2v) is 6.28. The van der Waals surface area contributed by atoms with Gasteiger partial charge in [0.05, 0.1) is 10.9 Å². The Bertz CT molecular complexity index is 717. The molecule has 0 saturated carbocycles. The molecular formula is C16H13F2NOS. The van der Waals surface area contributed by atoms with Crippen LogP contribution in [0, 0.1) is 18.6 Å². The molecule has 1 N–H and O–H groups in total. The molecule has 1 amide bonds. The molecule has 1 atom stereocenters. The Labute approximate surface area is 125 Å². The van der Waals surface area contributed by atoms with Gasteiger partial charge in [0.15, 0.2) is 0 Å². The quantitative estimate of drug-likeness (QED) is 0.911. The van der Waals surface area contributed by atoms with E-state index in [1.54, 1.807) is 0 Å². The van der Waals surface area contributed by atoms with E-state index < -0.39 is 11.6 Å². The molecule has 1 unspecified atom stereocenters. The van der Waals surface area contributed by atoms with Gasteiger partial charge in [-0.15, -0.1) is 11.8 Å². The van der Waals surface area contributed by atoms with Crippen LogP contribution in [0.3, 0.4) is 0 Å². The number of carbonyl (C=O) groups excluding carboxylic acids is 1. The van der Waals surface area contributed by atoms with Gasteiger partial charge in [-0.1, -0.05) is 17.7 Å². The highest BCUT2D eigenvalue weighted by Gasteiger charge is 2.28. The number of amides is 1. The van der Waals surface area contributed by atoms with Crippen molar-refractivity contribution >= 4 is 23.4 Å². The van der Waals surface area contributed by atoms with Gasteiger partial charge in [0.25, 0.3) is 0 Å². The summed E-state index contributed by atoms with van der Waals surface area (Å²) in [5.74, 6) is -1.69. The number of rotatable bonds is 2. The SMILES string of the molecule is Cc1ccc2c(c1)SC(C(=O)Nc1ccc(F)cc1F)C2. The van der Waals surface area contributed by atoms with Crippen LogP contribution >= 0.6 is 11.8 Å². The molecule has 1 aliphatic heterocycles. The zero-order chi connectivity index (χ0) is 15.0. The van der Waals surface area contributed by atoms with E-state index in [9.17, 15) is 13.6 Å². The highest BCUT2D eigenvalue weighted by Crippen LogP contribution is 2.38. The number of anilines is 1. The van der Waals surface area contributed by atoms with Gasteiger partial charge >= 0.3 is 0 Å². The van der Waals surface area contributed by atoms with Crippen LogP contribution in [0.4, 0.5) is 14.5 Å². The fourth-order valence-corrected chi connectivity index (χ4v) is 3.58. The van der Waals surface area contributed by atoms with Crippen LogP contribution in [-0.2, 0) is 11.2 Å². The minimum atomic E-state index is -0.764. The zero-order valence-corrected chi connectivity index (χ0v) is 12.1. The first kappa shape index (κ1) is 14.1. The van der Waals surface area contributed by atoms with Crippen LogP contribution in [-0.4, -0.2) is 11.2 Å². The zero-order valence-electron chi connectivity index (χ0n) is 11.3. The molecule has 0 bridgehead atoms. The second-order valence-electron chi connectivity index (χ2n) is 5.04. The van der Waals surface area contributed by atoms with Crippen molar-refractivity contribution in [3.05, 3.63) is 59.2 Å². The third-order valence-corrected chi connectivity index (χ3v) is 4.68. The molecule has 0 spiro atoms. The summed E-state index contributed by atoms with van der Waals surface area (Å²) in [6, 6.07) is 9.20. The van der Waals surface area contributed by atoms with E-state index in [4.69, 9.17) is 0 Å². The Morgan fingerprint density at radius 3 is 2.81 bits per heavy atom. The lowest BCUT2D eigenvalue weighted by atomic mass is 10.1. The van der Waals surface area contributed by atoms with Gasteiger partial charge in [-0.3, -0.25) is 4.79 Å². The summed E-state index contributed by atoms with van der Waals surface area (Å²) >= 11 is 1.48. The van der Waals surface area contributed by atoms with Gasteiger partial charge < -0.3 is 5.32 Å². The lowest BCUT2D eigenvalue weighted by molar-refractivity contribution is -0.115. The van der Waals surface area contributed by atoms with E-state index in [0.717, 1.165) is 28.2 Å². The lowest BCUT2D eigenvalue weighted by Crippen LogP contribution is -2.25. The van der Waals surface area contributed by atoms with Crippen LogP contribution in [0.1, 0.15) is 11.1 Å². The topological polar surface area (TPSA) is 29.1 Å². The number of fused-ring (bicyclic) bond motifs is 1. The molecule has 1 heterocycles. The van der Waals surface area contributed by atoms with Crippen molar-refractivity contribution in [3.63, 3.8) is 0 Å². The van der Waals surface area contributed by atoms with Gasteiger partial charge in [0.1, 0.15) is 11.6 Å². The third-order valence-electron chi connectivity index (χ3n) is 3.38. The maximum atomic E-state index is 13.6. The maximum absolute atomic E-state index is 13.6. The normalized spacial score (nSPS) is 16.6. The molecule has 108 valence electrons. The summed E-state index contributed by atoms with van der Waals surface area (Å²) in [4.78, 5) is 13.3. The Morgan fingerprint density at radius 2 is 2.05 bits per heavy atom. The molecule has 5 heteroatoms. The minimum absolute atomic E-state index is 0.00846. The van der Waals surface area contributed by atoms with E-state index in [-0.39, 0.29) is 16.8 Å². The summed E-state index contributed by atoms with van der Waals surface area (Å²) in [6.45, 7) is 2.00. The van der Waals surface area contributed by atoms with E-state index in [0.29, 0.717) is 6.42 Å². The number of benzene rings is 2. The first-order valence-electron chi connectivity index (χ1n) is 6.55. The van der Waals surface area contributed by atoms with Crippen LogP contribution in [0.5, 0.6) is 0 Å². The Kier molecular flexibility index (Phi) is 3.68. The molecule has 0 aliphatic carbocycles. The van der Waals surface area contributed by atoms with Gasteiger partial charge in [0.2, 0.25) is 5.91 Å². The predicted molar refractivity (Wildman–Crippen MR) is 79.5 cm³/mol. The van der Waals surface area contributed by atoms with Crippen LogP contribution < -0.4 is 5.32 Å². The predicted octanol–water partition coefficient (Wildman–Crippen LogP) is 3.93. The average Bonchev–Trinajstić information content (AvgIpc) is 2.85. The highest BCUT2D eigenvalue weighted by atomic mass is 32.2. The Balaban J connectivity index is 1.73. The smallest absolute Gasteiger partial charge is 0.238 e. The molecule has 0 fully saturated rings. The van der Waals surface area contributed by atoms with Crippen molar-refractivity contribution in [2.75, 3.05) is 5.32 Å².